The Hall–Kier alpha value is -2.54. The number of amides is 1. The van der Waals surface area contributed by atoms with Gasteiger partial charge < -0.3 is 10.4 Å². The van der Waals surface area contributed by atoms with Gasteiger partial charge in [-0.25, -0.2) is 4.79 Å². The minimum atomic E-state index is -1.02. The van der Waals surface area contributed by atoms with Crippen molar-refractivity contribution in [3.63, 3.8) is 0 Å². The number of hydrogen-bond acceptors (Lipinski definition) is 5. The van der Waals surface area contributed by atoms with Gasteiger partial charge in [0.15, 0.2) is 5.69 Å². The fraction of sp³-hybridized carbons (Fsp3) is 0.0769. The minimum Gasteiger partial charge on any atom is -0.478 e. The number of anilines is 1. The zero-order valence-corrected chi connectivity index (χ0v) is 11.3. The first kappa shape index (κ1) is 13.9. The van der Waals surface area contributed by atoms with Gasteiger partial charge in [0.05, 0.1) is 0 Å². The second-order valence-corrected chi connectivity index (χ2v) is 4.60. The van der Waals surface area contributed by atoms with Crippen molar-refractivity contribution in [1.82, 2.24) is 9.59 Å². The van der Waals surface area contributed by atoms with Gasteiger partial charge in [0.2, 0.25) is 0 Å². The molecule has 0 saturated carbocycles. The number of rotatable bonds is 4. The van der Waals surface area contributed by atoms with Crippen molar-refractivity contribution in [2.24, 2.45) is 0 Å². The first-order valence-electron chi connectivity index (χ1n) is 5.66. The van der Waals surface area contributed by atoms with E-state index in [1.165, 1.54) is 6.08 Å². The Labute approximate surface area is 118 Å². The molecule has 1 aromatic heterocycles. The van der Waals surface area contributed by atoms with E-state index in [4.69, 9.17) is 5.11 Å². The molecule has 0 spiro atoms. The van der Waals surface area contributed by atoms with Crippen molar-refractivity contribution < 1.29 is 14.7 Å². The topological polar surface area (TPSA) is 92.2 Å². The summed E-state index contributed by atoms with van der Waals surface area (Å²) in [5.41, 5.74) is 2.41. The lowest BCUT2D eigenvalue weighted by Crippen LogP contribution is -2.13. The molecule has 0 aliphatic rings. The number of carbonyl (C=O) groups excluding carboxylic acids is 1. The van der Waals surface area contributed by atoms with Gasteiger partial charge in [0.25, 0.3) is 5.91 Å². The van der Waals surface area contributed by atoms with E-state index < -0.39 is 5.97 Å². The molecule has 2 rings (SSSR count). The molecule has 0 aliphatic heterocycles. The second kappa shape index (κ2) is 6.07. The number of carbonyl (C=O) groups is 2. The number of benzene rings is 1. The highest BCUT2D eigenvalue weighted by Gasteiger charge is 2.10. The van der Waals surface area contributed by atoms with E-state index in [0.29, 0.717) is 11.3 Å². The Balaban J connectivity index is 2.20. The summed E-state index contributed by atoms with van der Waals surface area (Å²) in [6, 6.07) is 5.28. The van der Waals surface area contributed by atoms with Crippen molar-refractivity contribution in [3.05, 3.63) is 46.5 Å². The molecule has 0 atom stereocenters. The summed E-state index contributed by atoms with van der Waals surface area (Å²) in [5, 5.41) is 16.6. The van der Waals surface area contributed by atoms with Crippen molar-refractivity contribution in [1.29, 1.82) is 0 Å². The summed E-state index contributed by atoms with van der Waals surface area (Å²) in [4.78, 5) is 22.4. The van der Waals surface area contributed by atoms with Crippen LogP contribution >= 0.6 is 11.5 Å². The fourth-order valence-electron chi connectivity index (χ4n) is 1.50. The standard InChI is InChI=1S/C13H11N3O3S/c1-8-2-3-9(4-5-12(17)18)6-10(8)14-13(19)11-7-20-16-15-11/h2-7H,1H3,(H,14,19)(H,17,18). The largest absolute Gasteiger partial charge is 0.478 e. The Morgan fingerprint density at radius 2 is 2.20 bits per heavy atom. The first-order valence-corrected chi connectivity index (χ1v) is 6.50. The van der Waals surface area contributed by atoms with Crippen molar-refractivity contribution >= 4 is 35.2 Å². The third kappa shape index (κ3) is 3.48. The summed E-state index contributed by atoms with van der Waals surface area (Å²) in [5.74, 6) is -1.37. The van der Waals surface area contributed by atoms with Gasteiger partial charge in [-0.05, 0) is 41.7 Å². The van der Waals surface area contributed by atoms with Crippen LogP contribution in [0.1, 0.15) is 21.6 Å². The average molecular weight is 289 g/mol. The lowest BCUT2D eigenvalue weighted by Gasteiger charge is -2.08. The monoisotopic (exact) mass is 289 g/mol. The molecule has 6 nitrogen and oxygen atoms in total. The fourth-order valence-corrected chi connectivity index (χ4v) is 1.93. The number of carboxylic acid groups (broad SMARTS) is 1. The van der Waals surface area contributed by atoms with Gasteiger partial charge in [0, 0.05) is 17.1 Å². The highest BCUT2D eigenvalue weighted by molar-refractivity contribution is 7.03. The molecule has 0 fully saturated rings. The molecule has 20 heavy (non-hydrogen) atoms. The number of aliphatic carboxylic acids is 1. The summed E-state index contributed by atoms with van der Waals surface area (Å²) in [7, 11) is 0. The SMILES string of the molecule is Cc1ccc(C=CC(=O)O)cc1NC(=O)c1csnn1. The summed E-state index contributed by atoms with van der Waals surface area (Å²) in [6.45, 7) is 1.85. The summed E-state index contributed by atoms with van der Waals surface area (Å²) in [6.07, 6.45) is 2.50. The maximum Gasteiger partial charge on any atom is 0.328 e. The minimum absolute atomic E-state index is 0.251. The van der Waals surface area contributed by atoms with Crippen LogP contribution in [0.2, 0.25) is 0 Å². The van der Waals surface area contributed by atoms with Crippen LogP contribution in [0.3, 0.4) is 0 Å². The molecule has 102 valence electrons. The molecule has 1 heterocycles. The molecule has 0 radical (unpaired) electrons. The van der Waals surface area contributed by atoms with Crippen LogP contribution in [-0.2, 0) is 4.79 Å². The van der Waals surface area contributed by atoms with Gasteiger partial charge in [-0.2, -0.15) is 0 Å². The normalized spacial score (nSPS) is 10.7. The van der Waals surface area contributed by atoms with E-state index in [0.717, 1.165) is 23.2 Å². The van der Waals surface area contributed by atoms with Gasteiger partial charge in [-0.3, -0.25) is 4.79 Å². The van der Waals surface area contributed by atoms with Crippen LogP contribution < -0.4 is 5.32 Å². The Bertz CT molecular complexity index is 666. The number of carboxylic acids is 1. The molecule has 0 unspecified atom stereocenters. The third-order valence-electron chi connectivity index (χ3n) is 2.52. The van der Waals surface area contributed by atoms with Gasteiger partial charge in [-0.1, -0.05) is 16.6 Å². The number of hydrogen-bond donors (Lipinski definition) is 2. The van der Waals surface area contributed by atoms with Gasteiger partial charge in [0.1, 0.15) is 0 Å². The quantitative estimate of drug-likeness (QED) is 0.842. The Morgan fingerprint density at radius 1 is 1.40 bits per heavy atom. The Morgan fingerprint density at radius 3 is 2.85 bits per heavy atom. The van der Waals surface area contributed by atoms with E-state index in [2.05, 4.69) is 14.9 Å². The summed E-state index contributed by atoms with van der Waals surface area (Å²) < 4.78 is 3.63. The van der Waals surface area contributed by atoms with E-state index >= 15 is 0 Å². The summed E-state index contributed by atoms with van der Waals surface area (Å²) >= 11 is 1.10. The van der Waals surface area contributed by atoms with Crippen LogP contribution in [0.4, 0.5) is 5.69 Å². The highest BCUT2D eigenvalue weighted by Crippen LogP contribution is 2.18. The lowest BCUT2D eigenvalue weighted by atomic mass is 10.1. The average Bonchev–Trinajstić information content (AvgIpc) is 2.93. The van der Waals surface area contributed by atoms with Crippen LogP contribution in [0.25, 0.3) is 6.08 Å². The van der Waals surface area contributed by atoms with Crippen molar-refractivity contribution in [2.45, 2.75) is 6.92 Å². The molecule has 1 aromatic carbocycles. The van der Waals surface area contributed by atoms with E-state index in [-0.39, 0.29) is 11.6 Å². The molecule has 1 amide bonds. The van der Waals surface area contributed by atoms with Crippen LogP contribution in [0.15, 0.2) is 29.7 Å². The maximum atomic E-state index is 11.9. The molecule has 2 N–H and O–H groups in total. The zero-order valence-electron chi connectivity index (χ0n) is 10.5. The lowest BCUT2D eigenvalue weighted by molar-refractivity contribution is -0.131. The second-order valence-electron chi connectivity index (χ2n) is 3.99. The number of nitrogens with one attached hydrogen (secondary N) is 1. The van der Waals surface area contributed by atoms with Gasteiger partial charge in [-0.15, -0.1) is 5.10 Å². The van der Waals surface area contributed by atoms with Crippen molar-refractivity contribution in [2.75, 3.05) is 5.32 Å². The molecular formula is C13H11N3O3S. The van der Waals surface area contributed by atoms with E-state index in [9.17, 15) is 9.59 Å². The predicted molar refractivity (Wildman–Crippen MR) is 75.7 cm³/mol. The predicted octanol–water partition coefficient (Wildman–Crippen LogP) is 2.20. The molecule has 7 heteroatoms. The van der Waals surface area contributed by atoms with Crippen LogP contribution in [-0.4, -0.2) is 26.6 Å². The molecular weight excluding hydrogens is 278 g/mol. The molecule has 0 bridgehead atoms. The number of aryl methyl sites for hydroxylation is 1. The van der Waals surface area contributed by atoms with Crippen LogP contribution in [0.5, 0.6) is 0 Å². The van der Waals surface area contributed by atoms with E-state index in [1.54, 1.807) is 23.6 Å². The van der Waals surface area contributed by atoms with Crippen LogP contribution in [0, 0.1) is 6.92 Å². The first-order chi connectivity index (χ1) is 9.56. The third-order valence-corrected chi connectivity index (χ3v) is 3.03. The van der Waals surface area contributed by atoms with Crippen molar-refractivity contribution in [3.8, 4) is 0 Å². The smallest absolute Gasteiger partial charge is 0.328 e. The number of nitrogens with zero attached hydrogens (tertiary/aromatic N) is 2. The molecule has 0 aliphatic carbocycles. The van der Waals surface area contributed by atoms with E-state index in [1.807, 2.05) is 6.92 Å². The molecule has 0 saturated heterocycles. The zero-order chi connectivity index (χ0) is 14.5. The number of aromatic nitrogens is 2. The molecule has 2 aromatic rings. The maximum absolute atomic E-state index is 11.9. The van der Waals surface area contributed by atoms with Gasteiger partial charge >= 0.3 is 5.97 Å². The highest BCUT2D eigenvalue weighted by atomic mass is 32.1. The Kier molecular flexibility index (Phi) is 4.21.